The molecule has 1 N–H and O–H groups in total. The van der Waals surface area contributed by atoms with Gasteiger partial charge in [0.15, 0.2) is 0 Å². The lowest BCUT2D eigenvalue weighted by Crippen LogP contribution is -2.29. The minimum atomic E-state index is -0.0539. The number of rotatable bonds is 5. The Labute approximate surface area is 142 Å². The summed E-state index contributed by atoms with van der Waals surface area (Å²) in [6.07, 6.45) is 12.0. The van der Waals surface area contributed by atoms with Crippen molar-refractivity contribution in [1.29, 1.82) is 0 Å². The topological polar surface area (TPSA) is 46.9 Å². The van der Waals surface area contributed by atoms with Crippen LogP contribution in [0.5, 0.6) is 0 Å². The second-order valence-electron chi connectivity index (χ2n) is 6.03. The molecule has 0 saturated carbocycles. The molecule has 1 heterocycles. The summed E-state index contributed by atoms with van der Waals surface area (Å²) in [5.41, 5.74) is 3.64. The molecule has 3 rings (SSSR count). The lowest BCUT2D eigenvalue weighted by molar-refractivity contribution is -0.117. The standard InChI is InChI=1S/C20H23N3O/c1-2-3-5-13-20(24)22-18-11-8-12-19-17(18)14-21-23(19)15-16-9-6-4-7-10-16/h2-7,9-10,13-14,18H,8,11-12,15H2,1H3,(H,22,24). The third-order valence-corrected chi connectivity index (χ3v) is 4.31. The third-order valence-electron chi connectivity index (χ3n) is 4.31. The summed E-state index contributed by atoms with van der Waals surface area (Å²) in [5, 5.41) is 7.66. The highest BCUT2D eigenvalue weighted by molar-refractivity contribution is 5.88. The summed E-state index contributed by atoms with van der Waals surface area (Å²) >= 11 is 0. The first-order chi connectivity index (χ1) is 11.8. The Morgan fingerprint density at radius 3 is 2.96 bits per heavy atom. The SMILES string of the molecule is CC=CC=CC(=O)NC1CCCc2c1cnn2Cc1ccccc1. The predicted octanol–water partition coefficient (Wildman–Crippen LogP) is 3.56. The van der Waals surface area contributed by atoms with Gasteiger partial charge in [0.05, 0.1) is 18.8 Å². The first kappa shape index (κ1) is 16.2. The van der Waals surface area contributed by atoms with Gasteiger partial charge in [0.25, 0.3) is 0 Å². The number of aromatic nitrogens is 2. The molecule has 4 nitrogen and oxygen atoms in total. The second kappa shape index (κ2) is 7.77. The van der Waals surface area contributed by atoms with Crippen molar-refractivity contribution in [2.45, 2.75) is 38.8 Å². The number of carbonyl (C=O) groups excluding carboxylic acids is 1. The summed E-state index contributed by atoms with van der Waals surface area (Å²) in [6, 6.07) is 10.4. The molecule has 0 saturated heterocycles. The van der Waals surface area contributed by atoms with Crippen LogP contribution in [0.1, 0.15) is 42.6 Å². The van der Waals surface area contributed by atoms with Gasteiger partial charge in [0.2, 0.25) is 5.91 Å². The van der Waals surface area contributed by atoms with Crippen molar-refractivity contribution in [3.8, 4) is 0 Å². The lowest BCUT2D eigenvalue weighted by Gasteiger charge is -2.23. The van der Waals surface area contributed by atoms with Crippen LogP contribution in [0, 0.1) is 0 Å². The Morgan fingerprint density at radius 1 is 1.33 bits per heavy atom. The van der Waals surface area contributed by atoms with Gasteiger partial charge in [-0.1, -0.05) is 48.6 Å². The van der Waals surface area contributed by atoms with Gasteiger partial charge in [0, 0.05) is 17.3 Å². The normalized spacial score (nSPS) is 17.3. The monoisotopic (exact) mass is 321 g/mol. The highest BCUT2D eigenvalue weighted by Crippen LogP contribution is 2.29. The Bertz CT molecular complexity index is 743. The van der Waals surface area contributed by atoms with E-state index < -0.39 is 0 Å². The summed E-state index contributed by atoms with van der Waals surface area (Å²) in [4.78, 5) is 12.0. The number of allylic oxidation sites excluding steroid dienone is 3. The zero-order valence-electron chi connectivity index (χ0n) is 14.0. The minimum absolute atomic E-state index is 0.0539. The van der Waals surface area contributed by atoms with Crippen LogP contribution in [-0.4, -0.2) is 15.7 Å². The van der Waals surface area contributed by atoms with Crippen LogP contribution in [0.4, 0.5) is 0 Å². The molecule has 0 fully saturated rings. The smallest absolute Gasteiger partial charge is 0.244 e. The molecule has 2 aromatic rings. The Balaban J connectivity index is 1.73. The van der Waals surface area contributed by atoms with Crippen LogP contribution >= 0.6 is 0 Å². The van der Waals surface area contributed by atoms with Crippen LogP contribution in [-0.2, 0) is 17.8 Å². The van der Waals surface area contributed by atoms with E-state index in [1.807, 2.05) is 43.5 Å². The molecule has 4 heteroatoms. The van der Waals surface area contributed by atoms with Crippen LogP contribution in [0.2, 0.25) is 0 Å². The maximum Gasteiger partial charge on any atom is 0.244 e. The Hall–Kier alpha value is -2.62. The molecule has 1 amide bonds. The van der Waals surface area contributed by atoms with Gasteiger partial charge in [-0.25, -0.2) is 0 Å². The van der Waals surface area contributed by atoms with Crippen LogP contribution in [0.25, 0.3) is 0 Å². The number of hydrogen-bond donors (Lipinski definition) is 1. The molecule has 0 aliphatic heterocycles. The summed E-state index contributed by atoms with van der Waals surface area (Å²) in [6.45, 7) is 2.70. The molecule has 24 heavy (non-hydrogen) atoms. The van der Waals surface area contributed by atoms with Crippen molar-refractivity contribution >= 4 is 5.91 Å². The number of amides is 1. The van der Waals surface area contributed by atoms with E-state index >= 15 is 0 Å². The van der Waals surface area contributed by atoms with Crippen molar-refractivity contribution in [2.75, 3.05) is 0 Å². The van der Waals surface area contributed by atoms with Crippen molar-refractivity contribution in [3.63, 3.8) is 0 Å². The van der Waals surface area contributed by atoms with Gasteiger partial charge in [-0.2, -0.15) is 5.10 Å². The van der Waals surface area contributed by atoms with Gasteiger partial charge in [0.1, 0.15) is 0 Å². The zero-order chi connectivity index (χ0) is 16.8. The van der Waals surface area contributed by atoms with Crippen LogP contribution in [0.15, 0.2) is 60.8 Å². The minimum Gasteiger partial charge on any atom is -0.346 e. The average molecular weight is 321 g/mol. The maximum absolute atomic E-state index is 12.0. The number of hydrogen-bond acceptors (Lipinski definition) is 2. The summed E-state index contributed by atoms with van der Waals surface area (Å²) in [7, 11) is 0. The second-order valence-corrected chi connectivity index (χ2v) is 6.03. The molecule has 1 atom stereocenters. The highest BCUT2D eigenvalue weighted by atomic mass is 16.1. The van der Waals surface area contributed by atoms with E-state index in [2.05, 4.69) is 27.2 Å². The zero-order valence-corrected chi connectivity index (χ0v) is 14.0. The first-order valence-corrected chi connectivity index (χ1v) is 8.46. The van der Waals surface area contributed by atoms with E-state index in [-0.39, 0.29) is 11.9 Å². The Kier molecular flexibility index (Phi) is 5.26. The predicted molar refractivity (Wildman–Crippen MR) is 95.5 cm³/mol. The molecule has 1 unspecified atom stereocenters. The molecule has 0 radical (unpaired) electrons. The largest absolute Gasteiger partial charge is 0.346 e. The fourth-order valence-corrected chi connectivity index (χ4v) is 3.14. The van der Waals surface area contributed by atoms with Gasteiger partial charge in [-0.05, 0) is 31.7 Å². The highest BCUT2D eigenvalue weighted by Gasteiger charge is 2.25. The van der Waals surface area contributed by atoms with E-state index in [1.165, 1.54) is 11.3 Å². The van der Waals surface area contributed by atoms with E-state index in [0.29, 0.717) is 0 Å². The summed E-state index contributed by atoms with van der Waals surface area (Å²) < 4.78 is 2.07. The van der Waals surface area contributed by atoms with Gasteiger partial charge in [-0.15, -0.1) is 0 Å². The van der Waals surface area contributed by atoms with Crippen molar-refractivity contribution in [2.24, 2.45) is 0 Å². The molecule has 1 aromatic carbocycles. The number of fused-ring (bicyclic) bond motifs is 1. The molecule has 1 aliphatic carbocycles. The fraction of sp³-hybridized carbons (Fsp3) is 0.300. The molecular weight excluding hydrogens is 298 g/mol. The fourth-order valence-electron chi connectivity index (χ4n) is 3.14. The number of benzene rings is 1. The van der Waals surface area contributed by atoms with Gasteiger partial charge < -0.3 is 5.32 Å². The van der Waals surface area contributed by atoms with Crippen molar-refractivity contribution < 1.29 is 4.79 Å². The van der Waals surface area contributed by atoms with E-state index in [0.717, 1.165) is 31.4 Å². The number of carbonyl (C=O) groups is 1. The van der Waals surface area contributed by atoms with Crippen molar-refractivity contribution in [3.05, 3.63) is 77.7 Å². The molecule has 1 aliphatic rings. The molecule has 124 valence electrons. The van der Waals surface area contributed by atoms with Gasteiger partial charge >= 0.3 is 0 Å². The van der Waals surface area contributed by atoms with Gasteiger partial charge in [-0.3, -0.25) is 9.48 Å². The molecular formula is C20H23N3O. The first-order valence-electron chi connectivity index (χ1n) is 8.46. The van der Waals surface area contributed by atoms with Crippen LogP contribution in [0.3, 0.4) is 0 Å². The number of nitrogens with one attached hydrogen (secondary N) is 1. The maximum atomic E-state index is 12.0. The van der Waals surface area contributed by atoms with E-state index in [9.17, 15) is 4.79 Å². The molecule has 0 bridgehead atoms. The average Bonchev–Trinajstić information content (AvgIpc) is 3.00. The third kappa shape index (κ3) is 3.82. The quantitative estimate of drug-likeness (QED) is 0.676. The van der Waals surface area contributed by atoms with E-state index in [4.69, 9.17) is 0 Å². The summed E-state index contributed by atoms with van der Waals surface area (Å²) in [5.74, 6) is -0.0539. The van der Waals surface area contributed by atoms with Crippen LogP contribution < -0.4 is 5.32 Å². The van der Waals surface area contributed by atoms with Crippen molar-refractivity contribution in [1.82, 2.24) is 15.1 Å². The van der Waals surface area contributed by atoms with E-state index in [1.54, 1.807) is 12.2 Å². The molecule has 1 aromatic heterocycles. The lowest BCUT2D eigenvalue weighted by atomic mass is 9.93. The molecule has 0 spiro atoms. The number of nitrogens with zero attached hydrogens (tertiary/aromatic N) is 2. The Morgan fingerprint density at radius 2 is 2.17 bits per heavy atom.